The molecule has 1 heterocycles. The molecule has 3 aromatic carbocycles. The van der Waals surface area contributed by atoms with Crippen molar-refractivity contribution in [2.45, 2.75) is 6.54 Å². The molecule has 0 radical (unpaired) electrons. The summed E-state index contributed by atoms with van der Waals surface area (Å²) < 4.78 is 29.6. The highest BCUT2D eigenvalue weighted by Crippen LogP contribution is 2.32. The van der Waals surface area contributed by atoms with Gasteiger partial charge in [-0.05, 0) is 24.3 Å². The summed E-state index contributed by atoms with van der Waals surface area (Å²) in [6, 6.07) is 16.9. The average Bonchev–Trinajstić information content (AvgIpc) is 2.93. The number of nitrogens with zero attached hydrogens (tertiary/aromatic N) is 1. The van der Waals surface area contributed by atoms with Gasteiger partial charge in [0.15, 0.2) is 11.6 Å². The molecule has 0 aliphatic rings. The fourth-order valence-electron chi connectivity index (χ4n) is 3.31. The maximum Gasteiger partial charge on any atom is 0.249 e. The molecule has 4 rings (SSSR count). The Morgan fingerprint density at radius 3 is 2.44 bits per heavy atom. The smallest absolute Gasteiger partial charge is 0.249 e. The summed E-state index contributed by atoms with van der Waals surface area (Å²) in [4.78, 5) is 11.8. The minimum Gasteiger partial charge on any atom is -0.366 e. The van der Waals surface area contributed by atoms with Crippen LogP contribution in [0.5, 0.6) is 0 Å². The Labute approximate surface area is 142 Å². The topological polar surface area (TPSA) is 48.0 Å². The number of halogens is 2. The van der Waals surface area contributed by atoms with Gasteiger partial charge in [-0.25, -0.2) is 8.78 Å². The second-order valence-corrected chi connectivity index (χ2v) is 5.88. The summed E-state index contributed by atoms with van der Waals surface area (Å²) in [6.07, 6.45) is 0. The Hall–Kier alpha value is -3.21. The SMILES string of the molecule is NC(=O)c1cccc2c1c1ccccc1n2Cc1cccc(F)c1F. The first-order chi connectivity index (χ1) is 12.1. The number of carbonyl (C=O) groups excluding carboxylic acids is 1. The van der Waals surface area contributed by atoms with Crippen LogP contribution in [0.3, 0.4) is 0 Å². The number of primary amides is 1. The Morgan fingerprint density at radius 2 is 1.64 bits per heavy atom. The van der Waals surface area contributed by atoms with Crippen LogP contribution >= 0.6 is 0 Å². The van der Waals surface area contributed by atoms with Gasteiger partial charge in [0.2, 0.25) is 5.91 Å². The molecular weight excluding hydrogens is 322 g/mol. The molecule has 0 bridgehead atoms. The number of fused-ring (bicyclic) bond motifs is 3. The number of para-hydroxylation sites is 1. The van der Waals surface area contributed by atoms with Crippen LogP contribution in [0.1, 0.15) is 15.9 Å². The fraction of sp³-hybridized carbons (Fsp3) is 0.0500. The summed E-state index contributed by atoms with van der Waals surface area (Å²) in [5.74, 6) is -2.26. The Kier molecular flexibility index (Phi) is 3.50. The first kappa shape index (κ1) is 15.3. The van der Waals surface area contributed by atoms with Crippen molar-refractivity contribution in [3.05, 3.63) is 83.4 Å². The summed E-state index contributed by atoms with van der Waals surface area (Å²) in [6.45, 7) is 0.149. The van der Waals surface area contributed by atoms with Crippen LogP contribution in [-0.4, -0.2) is 10.5 Å². The summed E-state index contributed by atoms with van der Waals surface area (Å²) in [5, 5.41) is 1.58. The van der Waals surface area contributed by atoms with Gasteiger partial charge in [-0.3, -0.25) is 4.79 Å². The van der Waals surface area contributed by atoms with E-state index in [-0.39, 0.29) is 12.1 Å². The van der Waals surface area contributed by atoms with E-state index in [9.17, 15) is 13.6 Å². The molecule has 4 aromatic rings. The van der Waals surface area contributed by atoms with Crippen LogP contribution in [0.4, 0.5) is 8.78 Å². The molecule has 0 saturated carbocycles. The van der Waals surface area contributed by atoms with Gasteiger partial charge < -0.3 is 10.3 Å². The molecule has 0 aliphatic heterocycles. The van der Waals surface area contributed by atoms with E-state index in [1.54, 1.807) is 18.2 Å². The van der Waals surface area contributed by atoms with E-state index in [1.165, 1.54) is 6.07 Å². The number of carbonyl (C=O) groups is 1. The van der Waals surface area contributed by atoms with E-state index < -0.39 is 17.5 Å². The van der Waals surface area contributed by atoms with Crippen LogP contribution in [0.2, 0.25) is 0 Å². The number of rotatable bonds is 3. The predicted molar refractivity (Wildman–Crippen MR) is 93.4 cm³/mol. The number of hydrogen-bond acceptors (Lipinski definition) is 1. The van der Waals surface area contributed by atoms with Gasteiger partial charge in [0.05, 0.1) is 12.1 Å². The van der Waals surface area contributed by atoms with Gasteiger partial charge in [0.25, 0.3) is 0 Å². The first-order valence-corrected chi connectivity index (χ1v) is 7.80. The molecule has 0 aliphatic carbocycles. The van der Waals surface area contributed by atoms with Gasteiger partial charge in [0.1, 0.15) is 0 Å². The van der Waals surface area contributed by atoms with Crippen LogP contribution in [-0.2, 0) is 6.54 Å². The molecule has 124 valence electrons. The molecule has 2 N–H and O–H groups in total. The lowest BCUT2D eigenvalue weighted by Crippen LogP contribution is -2.11. The highest BCUT2D eigenvalue weighted by molar-refractivity contribution is 6.17. The maximum absolute atomic E-state index is 14.1. The highest BCUT2D eigenvalue weighted by Gasteiger charge is 2.17. The van der Waals surface area contributed by atoms with Crippen molar-refractivity contribution < 1.29 is 13.6 Å². The average molecular weight is 336 g/mol. The van der Waals surface area contributed by atoms with Crippen molar-refractivity contribution in [2.24, 2.45) is 5.73 Å². The van der Waals surface area contributed by atoms with E-state index in [2.05, 4.69) is 0 Å². The van der Waals surface area contributed by atoms with E-state index in [0.717, 1.165) is 27.9 Å². The minimum atomic E-state index is -0.879. The number of aromatic nitrogens is 1. The number of nitrogens with two attached hydrogens (primary N) is 1. The molecule has 25 heavy (non-hydrogen) atoms. The summed E-state index contributed by atoms with van der Waals surface area (Å²) in [7, 11) is 0. The van der Waals surface area contributed by atoms with Crippen molar-refractivity contribution in [1.29, 1.82) is 0 Å². The zero-order chi connectivity index (χ0) is 17.6. The monoisotopic (exact) mass is 336 g/mol. The van der Waals surface area contributed by atoms with Crippen molar-refractivity contribution in [3.8, 4) is 0 Å². The largest absolute Gasteiger partial charge is 0.366 e. The Morgan fingerprint density at radius 1 is 0.920 bits per heavy atom. The predicted octanol–water partition coefficient (Wildman–Crippen LogP) is 4.22. The molecule has 0 atom stereocenters. The molecular formula is C20H14F2N2O. The molecule has 1 aromatic heterocycles. The van der Waals surface area contributed by atoms with Crippen molar-refractivity contribution in [2.75, 3.05) is 0 Å². The van der Waals surface area contributed by atoms with E-state index in [4.69, 9.17) is 5.73 Å². The number of benzene rings is 3. The zero-order valence-electron chi connectivity index (χ0n) is 13.2. The van der Waals surface area contributed by atoms with E-state index in [1.807, 2.05) is 34.9 Å². The lowest BCUT2D eigenvalue weighted by atomic mass is 10.1. The lowest BCUT2D eigenvalue weighted by molar-refractivity contribution is 0.100. The lowest BCUT2D eigenvalue weighted by Gasteiger charge is -2.09. The third-order valence-corrected chi connectivity index (χ3v) is 4.42. The highest BCUT2D eigenvalue weighted by atomic mass is 19.2. The number of hydrogen-bond donors (Lipinski definition) is 1. The van der Waals surface area contributed by atoms with Crippen molar-refractivity contribution in [3.63, 3.8) is 0 Å². The fourth-order valence-corrected chi connectivity index (χ4v) is 3.31. The van der Waals surface area contributed by atoms with Gasteiger partial charge in [-0.15, -0.1) is 0 Å². The first-order valence-electron chi connectivity index (χ1n) is 7.80. The second-order valence-electron chi connectivity index (χ2n) is 5.88. The third kappa shape index (κ3) is 2.36. The molecule has 0 spiro atoms. The van der Waals surface area contributed by atoms with Gasteiger partial charge in [0, 0.05) is 27.4 Å². The van der Waals surface area contributed by atoms with Gasteiger partial charge in [-0.2, -0.15) is 0 Å². The molecule has 0 saturated heterocycles. The van der Waals surface area contributed by atoms with Crippen LogP contribution in [0.15, 0.2) is 60.7 Å². The number of amides is 1. The molecule has 1 amide bonds. The Balaban J connectivity index is 2.04. The Bertz CT molecular complexity index is 1130. The second kappa shape index (κ2) is 5.70. The van der Waals surface area contributed by atoms with Crippen LogP contribution < -0.4 is 5.73 Å². The molecule has 0 fully saturated rings. The third-order valence-electron chi connectivity index (χ3n) is 4.42. The summed E-state index contributed by atoms with van der Waals surface area (Å²) >= 11 is 0. The van der Waals surface area contributed by atoms with E-state index in [0.29, 0.717) is 5.56 Å². The quantitative estimate of drug-likeness (QED) is 0.598. The standard InChI is InChI=1S/C20H14F2N2O/c21-15-8-3-5-12(19(15)22)11-24-16-9-2-1-6-13(16)18-14(20(23)25)7-4-10-17(18)24/h1-10H,11H2,(H2,23,25). The van der Waals surface area contributed by atoms with Crippen LogP contribution in [0, 0.1) is 11.6 Å². The minimum absolute atomic E-state index is 0.149. The van der Waals surface area contributed by atoms with E-state index >= 15 is 0 Å². The zero-order valence-corrected chi connectivity index (χ0v) is 13.2. The normalized spacial score (nSPS) is 11.3. The van der Waals surface area contributed by atoms with Gasteiger partial charge in [-0.1, -0.05) is 36.4 Å². The molecule has 0 unspecified atom stereocenters. The van der Waals surface area contributed by atoms with Gasteiger partial charge >= 0.3 is 0 Å². The molecule has 5 heteroatoms. The maximum atomic E-state index is 14.1. The van der Waals surface area contributed by atoms with Crippen LogP contribution in [0.25, 0.3) is 21.8 Å². The summed E-state index contributed by atoms with van der Waals surface area (Å²) in [5.41, 5.74) is 7.75. The van der Waals surface area contributed by atoms with Crippen molar-refractivity contribution in [1.82, 2.24) is 4.57 Å². The van der Waals surface area contributed by atoms with Crippen molar-refractivity contribution >= 4 is 27.7 Å². The molecule has 3 nitrogen and oxygen atoms in total.